The van der Waals surface area contributed by atoms with E-state index >= 15 is 0 Å². The maximum absolute atomic E-state index is 13.1. The average molecular weight is 399 g/mol. The Morgan fingerprint density at radius 2 is 2.18 bits per heavy atom. The van der Waals surface area contributed by atoms with Crippen molar-refractivity contribution in [3.8, 4) is 5.69 Å². The van der Waals surface area contributed by atoms with Gasteiger partial charge in [-0.3, -0.25) is 14.2 Å². The van der Waals surface area contributed by atoms with E-state index in [2.05, 4.69) is 15.4 Å². The molecule has 0 fully saturated rings. The molecule has 0 saturated carbocycles. The summed E-state index contributed by atoms with van der Waals surface area (Å²) >= 11 is 1.50. The van der Waals surface area contributed by atoms with Crippen molar-refractivity contribution in [3.05, 3.63) is 46.9 Å². The van der Waals surface area contributed by atoms with Gasteiger partial charge in [0.25, 0.3) is 5.56 Å². The summed E-state index contributed by atoms with van der Waals surface area (Å²) in [6.07, 6.45) is 2.57. The molecule has 1 aliphatic heterocycles. The highest BCUT2D eigenvalue weighted by Gasteiger charge is 2.29. The molecule has 28 heavy (non-hydrogen) atoms. The van der Waals surface area contributed by atoms with Crippen LogP contribution in [0.4, 0.5) is 0 Å². The van der Waals surface area contributed by atoms with E-state index in [0.29, 0.717) is 35.1 Å². The van der Waals surface area contributed by atoms with Crippen LogP contribution < -0.4 is 10.9 Å². The summed E-state index contributed by atoms with van der Waals surface area (Å²) in [6, 6.07) is 9.40. The van der Waals surface area contributed by atoms with Crippen LogP contribution in [0.25, 0.3) is 16.7 Å². The predicted molar refractivity (Wildman–Crippen MR) is 107 cm³/mol. The Morgan fingerprint density at radius 1 is 1.36 bits per heavy atom. The fourth-order valence-electron chi connectivity index (χ4n) is 3.27. The number of benzene rings is 1. The number of rotatable bonds is 7. The molecule has 0 radical (unpaired) electrons. The minimum Gasteiger partial charge on any atom is -0.385 e. The summed E-state index contributed by atoms with van der Waals surface area (Å²) in [7, 11) is 1.63. The van der Waals surface area contributed by atoms with Crippen molar-refractivity contribution < 1.29 is 9.53 Å². The van der Waals surface area contributed by atoms with Gasteiger partial charge in [0.2, 0.25) is 5.91 Å². The second-order valence-electron chi connectivity index (χ2n) is 6.56. The number of nitrogens with one attached hydrogen (secondary N) is 1. The molecule has 3 aromatic rings. The Balaban J connectivity index is 1.59. The van der Waals surface area contributed by atoms with Crippen molar-refractivity contribution >= 4 is 28.7 Å². The van der Waals surface area contributed by atoms with Crippen LogP contribution in [-0.4, -0.2) is 51.3 Å². The molecule has 1 atom stereocenters. The number of ether oxygens (including phenoxy) is 1. The first-order chi connectivity index (χ1) is 13.7. The van der Waals surface area contributed by atoms with Gasteiger partial charge in [0, 0.05) is 32.4 Å². The number of aromatic nitrogens is 4. The molecule has 3 heterocycles. The molecule has 8 nitrogen and oxygen atoms in total. The zero-order valence-corrected chi connectivity index (χ0v) is 16.3. The van der Waals surface area contributed by atoms with E-state index in [4.69, 9.17) is 4.74 Å². The molecule has 1 N–H and O–H groups in total. The van der Waals surface area contributed by atoms with Gasteiger partial charge in [0.1, 0.15) is 5.39 Å². The minimum absolute atomic E-state index is 0.0680. The van der Waals surface area contributed by atoms with Crippen molar-refractivity contribution in [1.29, 1.82) is 0 Å². The van der Waals surface area contributed by atoms with Gasteiger partial charge in [-0.05, 0) is 18.6 Å². The van der Waals surface area contributed by atoms with Crippen molar-refractivity contribution in [1.82, 2.24) is 24.6 Å². The van der Waals surface area contributed by atoms with Crippen LogP contribution in [0.3, 0.4) is 0 Å². The normalized spacial score (nSPS) is 15.7. The van der Waals surface area contributed by atoms with E-state index in [0.717, 1.165) is 12.1 Å². The van der Waals surface area contributed by atoms with E-state index in [1.807, 2.05) is 30.3 Å². The van der Waals surface area contributed by atoms with Gasteiger partial charge in [-0.1, -0.05) is 30.0 Å². The van der Waals surface area contributed by atoms with Gasteiger partial charge >= 0.3 is 0 Å². The number of para-hydroxylation sites is 1. The van der Waals surface area contributed by atoms with Crippen molar-refractivity contribution in [2.45, 2.75) is 24.0 Å². The lowest BCUT2D eigenvalue weighted by atomic mass is 10.2. The average Bonchev–Trinajstić information content (AvgIpc) is 3.31. The van der Waals surface area contributed by atoms with Gasteiger partial charge in [-0.2, -0.15) is 5.10 Å². The third kappa shape index (κ3) is 3.55. The van der Waals surface area contributed by atoms with Gasteiger partial charge in [0.15, 0.2) is 10.8 Å². The van der Waals surface area contributed by atoms with E-state index in [1.165, 1.54) is 11.8 Å². The van der Waals surface area contributed by atoms with E-state index in [-0.39, 0.29) is 23.9 Å². The third-order valence-electron chi connectivity index (χ3n) is 4.64. The molecule has 146 valence electrons. The third-order valence-corrected chi connectivity index (χ3v) is 5.74. The Hall–Kier alpha value is -2.65. The lowest BCUT2D eigenvalue weighted by Gasteiger charge is -2.13. The van der Waals surface area contributed by atoms with Crippen molar-refractivity contribution in [2.75, 3.05) is 26.0 Å². The van der Waals surface area contributed by atoms with Gasteiger partial charge < -0.3 is 10.1 Å². The highest BCUT2D eigenvalue weighted by Crippen LogP contribution is 2.33. The van der Waals surface area contributed by atoms with Crippen molar-refractivity contribution in [3.63, 3.8) is 0 Å². The molecule has 0 unspecified atom stereocenters. The van der Waals surface area contributed by atoms with Crippen LogP contribution >= 0.6 is 11.8 Å². The van der Waals surface area contributed by atoms with Crippen LogP contribution in [0.15, 0.2) is 46.5 Å². The number of fused-ring (bicyclic) bond motifs is 2. The first-order valence-corrected chi connectivity index (χ1v) is 10.1. The minimum atomic E-state index is -0.202. The molecule has 1 aliphatic rings. The van der Waals surface area contributed by atoms with E-state index in [9.17, 15) is 9.59 Å². The highest BCUT2D eigenvalue weighted by atomic mass is 32.2. The second kappa shape index (κ2) is 8.15. The summed E-state index contributed by atoms with van der Waals surface area (Å²) < 4.78 is 8.29. The number of thioether (sulfide) groups is 1. The molecular formula is C19H21N5O3S. The fourth-order valence-corrected chi connectivity index (χ4v) is 4.40. The van der Waals surface area contributed by atoms with Gasteiger partial charge in [0.05, 0.1) is 17.9 Å². The molecule has 0 spiro atoms. The zero-order valence-electron chi connectivity index (χ0n) is 15.5. The Kier molecular flexibility index (Phi) is 5.45. The summed E-state index contributed by atoms with van der Waals surface area (Å²) in [4.78, 5) is 30.0. The first-order valence-electron chi connectivity index (χ1n) is 9.13. The predicted octanol–water partition coefficient (Wildman–Crippen LogP) is 1.77. The molecule has 9 heteroatoms. The smallest absolute Gasteiger partial charge is 0.265 e. The molecular weight excluding hydrogens is 378 g/mol. The number of hydrogen-bond donors (Lipinski definition) is 1. The van der Waals surface area contributed by atoms with Gasteiger partial charge in [-0.25, -0.2) is 9.67 Å². The second-order valence-corrected chi connectivity index (χ2v) is 7.55. The van der Waals surface area contributed by atoms with E-state index in [1.54, 1.807) is 22.6 Å². The summed E-state index contributed by atoms with van der Waals surface area (Å²) in [5.74, 6) is 0.584. The Labute approximate surface area is 165 Å². The van der Waals surface area contributed by atoms with Crippen LogP contribution in [-0.2, 0) is 9.53 Å². The molecule has 2 aromatic heterocycles. The number of amides is 1. The summed E-state index contributed by atoms with van der Waals surface area (Å²) in [5.41, 5.74) is 1.24. The number of nitrogens with zero attached hydrogens (tertiary/aromatic N) is 4. The number of methoxy groups -OCH3 is 1. The molecule has 0 aliphatic carbocycles. The van der Waals surface area contributed by atoms with Crippen LogP contribution in [0, 0.1) is 0 Å². The maximum atomic E-state index is 13.1. The maximum Gasteiger partial charge on any atom is 0.265 e. The summed E-state index contributed by atoms with van der Waals surface area (Å²) in [5, 5.41) is 8.32. The standard InChI is InChI=1S/C19H21N5O3S/c1-27-9-5-8-20-16(25)10-14-12-28-19-22-17-15(18(26)23(14)19)11-21-24(17)13-6-3-2-4-7-13/h2-4,6-7,11,14H,5,8-10,12H2,1H3,(H,20,25)/t14-/m1/s1. The molecule has 0 saturated heterocycles. The van der Waals surface area contributed by atoms with Crippen LogP contribution in [0.5, 0.6) is 0 Å². The quantitative estimate of drug-likeness (QED) is 0.481. The topological polar surface area (TPSA) is 91.0 Å². The number of carbonyl (C=O) groups excluding carboxylic acids is 1. The highest BCUT2D eigenvalue weighted by molar-refractivity contribution is 7.99. The summed E-state index contributed by atoms with van der Waals surface area (Å²) in [6.45, 7) is 1.17. The zero-order chi connectivity index (χ0) is 19.5. The van der Waals surface area contributed by atoms with Gasteiger partial charge in [-0.15, -0.1) is 0 Å². The number of hydrogen-bond acceptors (Lipinski definition) is 6. The van der Waals surface area contributed by atoms with Crippen LogP contribution in [0.1, 0.15) is 18.9 Å². The Morgan fingerprint density at radius 3 is 2.96 bits per heavy atom. The largest absolute Gasteiger partial charge is 0.385 e. The molecule has 1 aromatic carbocycles. The lowest BCUT2D eigenvalue weighted by Crippen LogP contribution is -2.31. The SMILES string of the molecule is COCCCNC(=O)C[C@@H]1CSc2nc3c(cnn3-c3ccccc3)c(=O)n21. The fraction of sp³-hybridized carbons (Fsp3) is 0.368. The van der Waals surface area contributed by atoms with E-state index < -0.39 is 0 Å². The molecule has 0 bridgehead atoms. The van der Waals surface area contributed by atoms with Crippen LogP contribution in [0.2, 0.25) is 0 Å². The lowest BCUT2D eigenvalue weighted by molar-refractivity contribution is -0.121. The number of carbonyl (C=O) groups is 1. The Bertz CT molecular complexity index is 1050. The first kappa shape index (κ1) is 18.7. The monoisotopic (exact) mass is 399 g/mol. The molecule has 1 amide bonds. The molecule has 4 rings (SSSR count). The van der Waals surface area contributed by atoms with Crippen molar-refractivity contribution in [2.24, 2.45) is 0 Å².